The third-order valence-corrected chi connectivity index (χ3v) is 2.77. The minimum atomic E-state index is 1.06. The maximum atomic E-state index is 5.19. The van der Waals surface area contributed by atoms with E-state index in [9.17, 15) is 0 Å². The summed E-state index contributed by atoms with van der Waals surface area (Å²) in [6, 6.07) is 0. The fraction of sp³-hybridized carbons (Fsp3) is 0.556. The molecule has 19 heavy (non-hydrogen) atoms. The van der Waals surface area contributed by atoms with Gasteiger partial charge in [0.2, 0.25) is 0 Å². The third-order valence-electron chi connectivity index (χ3n) is 2.77. The first kappa shape index (κ1) is 17.8. The molecule has 0 unspecified atom stereocenters. The Labute approximate surface area is 119 Å². The van der Waals surface area contributed by atoms with Gasteiger partial charge in [-0.25, -0.2) is 0 Å². The van der Waals surface area contributed by atoms with E-state index >= 15 is 0 Å². The first-order chi connectivity index (χ1) is 9.41. The molecular formula is C18H30O. The molecule has 0 bridgehead atoms. The Morgan fingerprint density at radius 2 is 1.32 bits per heavy atom. The van der Waals surface area contributed by atoms with Gasteiger partial charge in [0.05, 0.1) is 12.5 Å². The van der Waals surface area contributed by atoms with Gasteiger partial charge in [0, 0.05) is 0 Å². The van der Waals surface area contributed by atoms with Crippen LogP contribution in [-0.4, -0.2) is 0 Å². The SMILES string of the molecule is CCC=CC=COC=CC=CCCCCCCCC. The molecule has 0 heterocycles. The molecule has 1 heteroatoms. The molecule has 0 aromatic carbocycles. The highest BCUT2D eigenvalue weighted by Gasteiger charge is 1.87. The van der Waals surface area contributed by atoms with Crippen molar-refractivity contribution in [1.29, 1.82) is 0 Å². The molecule has 0 amide bonds. The van der Waals surface area contributed by atoms with Crippen molar-refractivity contribution in [2.24, 2.45) is 0 Å². The molecule has 0 rings (SSSR count). The van der Waals surface area contributed by atoms with Crippen LogP contribution in [0.15, 0.2) is 49.0 Å². The minimum absolute atomic E-state index is 1.06. The average Bonchev–Trinajstić information content (AvgIpc) is 2.43. The van der Waals surface area contributed by atoms with Crippen LogP contribution in [0, 0.1) is 0 Å². The van der Waals surface area contributed by atoms with E-state index in [1.54, 1.807) is 12.5 Å². The summed E-state index contributed by atoms with van der Waals surface area (Å²) in [4.78, 5) is 0. The highest BCUT2D eigenvalue weighted by molar-refractivity contribution is 5.02. The van der Waals surface area contributed by atoms with E-state index in [1.165, 1.54) is 44.9 Å². The smallest absolute Gasteiger partial charge is 0.0901 e. The second-order valence-corrected chi connectivity index (χ2v) is 4.61. The van der Waals surface area contributed by atoms with Gasteiger partial charge in [-0.05, 0) is 31.4 Å². The highest BCUT2D eigenvalue weighted by Crippen LogP contribution is 2.07. The summed E-state index contributed by atoms with van der Waals surface area (Å²) in [5.41, 5.74) is 0. The standard InChI is InChI=1S/C18H30O/c1-3-5-7-9-10-11-12-13-14-16-18-19-17-15-8-6-4-2/h6,8,13-18H,3-5,7,9-12H2,1-2H3. The van der Waals surface area contributed by atoms with E-state index in [-0.39, 0.29) is 0 Å². The van der Waals surface area contributed by atoms with Crippen LogP contribution >= 0.6 is 0 Å². The normalized spacial score (nSPS) is 12.5. The molecule has 0 fully saturated rings. The van der Waals surface area contributed by atoms with Crippen molar-refractivity contribution < 1.29 is 4.74 Å². The lowest BCUT2D eigenvalue weighted by atomic mass is 10.1. The van der Waals surface area contributed by atoms with Gasteiger partial charge in [-0.2, -0.15) is 0 Å². The predicted octanol–water partition coefficient (Wildman–Crippen LogP) is 6.30. The van der Waals surface area contributed by atoms with Crippen LogP contribution in [0.5, 0.6) is 0 Å². The van der Waals surface area contributed by atoms with Crippen LogP contribution in [0.1, 0.15) is 65.2 Å². The second kappa shape index (κ2) is 16.8. The van der Waals surface area contributed by atoms with Crippen molar-refractivity contribution in [1.82, 2.24) is 0 Å². The number of allylic oxidation sites excluding steroid dienone is 6. The number of hydrogen-bond donors (Lipinski definition) is 0. The summed E-state index contributed by atoms with van der Waals surface area (Å²) < 4.78 is 5.19. The van der Waals surface area contributed by atoms with Gasteiger partial charge in [-0.15, -0.1) is 0 Å². The molecule has 0 aliphatic heterocycles. The van der Waals surface area contributed by atoms with Gasteiger partial charge in [0.25, 0.3) is 0 Å². The van der Waals surface area contributed by atoms with Gasteiger partial charge in [-0.1, -0.05) is 70.3 Å². The molecule has 0 aromatic heterocycles. The van der Waals surface area contributed by atoms with Crippen LogP contribution in [-0.2, 0) is 4.74 Å². The maximum Gasteiger partial charge on any atom is 0.0901 e. The Balaban J connectivity index is 3.32. The van der Waals surface area contributed by atoms with Crippen LogP contribution < -0.4 is 0 Å². The predicted molar refractivity (Wildman–Crippen MR) is 85.9 cm³/mol. The summed E-state index contributed by atoms with van der Waals surface area (Å²) in [6.45, 7) is 4.37. The second-order valence-electron chi connectivity index (χ2n) is 4.61. The Hall–Kier alpha value is -1.24. The van der Waals surface area contributed by atoms with Crippen LogP contribution in [0.25, 0.3) is 0 Å². The maximum absolute atomic E-state index is 5.19. The van der Waals surface area contributed by atoms with E-state index in [1.807, 2.05) is 18.2 Å². The van der Waals surface area contributed by atoms with Gasteiger partial charge >= 0.3 is 0 Å². The van der Waals surface area contributed by atoms with E-state index in [0.717, 1.165) is 6.42 Å². The Morgan fingerprint density at radius 3 is 2.00 bits per heavy atom. The van der Waals surface area contributed by atoms with Gasteiger partial charge in [-0.3, -0.25) is 0 Å². The van der Waals surface area contributed by atoms with Gasteiger partial charge in [0.1, 0.15) is 0 Å². The third kappa shape index (κ3) is 16.8. The van der Waals surface area contributed by atoms with Crippen molar-refractivity contribution in [2.45, 2.75) is 65.2 Å². The topological polar surface area (TPSA) is 9.23 Å². The molecule has 1 nitrogen and oxygen atoms in total. The molecule has 0 spiro atoms. The summed E-state index contributed by atoms with van der Waals surface area (Å²) in [5, 5.41) is 0. The monoisotopic (exact) mass is 262 g/mol. The largest absolute Gasteiger partial charge is 0.473 e. The molecular weight excluding hydrogens is 232 g/mol. The van der Waals surface area contributed by atoms with Crippen molar-refractivity contribution >= 4 is 0 Å². The average molecular weight is 262 g/mol. The van der Waals surface area contributed by atoms with Crippen molar-refractivity contribution in [3.8, 4) is 0 Å². The molecule has 0 aromatic rings. The van der Waals surface area contributed by atoms with Crippen molar-refractivity contribution in [3.05, 3.63) is 49.0 Å². The first-order valence-electron chi connectivity index (χ1n) is 7.70. The molecule has 0 saturated carbocycles. The van der Waals surface area contributed by atoms with E-state index in [4.69, 9.17) is 4.74 Å². The first-order valence-corrected chi connectivity index (χ1v) is 7.70. The molecule has 0 radical (unpaired) electrons. The molecule has 108 valence electrons. The van der Waals surface area contributed by atoms with Gasteiger partial charge < -0.3 is 4.74 Å². The minimum Gasteiger partial charge on any atom is -0.473 e. The fourth-order valence-electron chi connectivity index (χ4n) is 1.66. The van der Waals surface area contributed by atoms with Crippen molar-refractivity contribution in [3.63, 3.8) is 0 Å². The molecule has 0 aliphatic rings. The summed E-state index contributed by atoms with van der Waals surface area (Å²) in [5.74, 6) is 0. The molecule has 0 aliphatic carbocycles. The van der Waals surface area contributed by atoms with E-state index < -0.39 is 0 Å². The summed E-state index contributed by atoms with van der Waals surface area (Å²) in [6.07, 6.45) is 25.9. The zero-order valence-corrected chi connectivity index (χ0v) is 12.7. The lowest BCUT2D eigenvalue weighted by Crippen LogP contribution is -1.77. The van der Waals surface area contributed by atoms with Crippen molar-refractivity contribution in [2.75, 3.05) is 0 Å². The number of rotatable bonds is 12. The summed E-state index contributed by atoms with van der Waals surface area (Å²) in [7, 11) is 0. The highest BCUT2D eigenvalue weighted by atomic mass is 16.5. The molecule has 0 atom stereocenters. The van der Waals surface area contributed by atoms with Crippen LogP contribution in [0.4, 0.5) is 0 Å². The number of hydrogen-bond acceptors (Lipinski definition) is 1. The van der Waals surface area contributed by atoms with Gasteiger partial charge in [0.15, 0.2) is 0 Å². The zero-order valence-electron chi connectivity index (χ0n) is 12.7. The molecule has 0 saturated heterocycles. The Bertz CT molecular complexity index is 271. The molecule has 0 N–H and O–H groups in total. The number of unbranched alkanes of at least 4 members (excludes halogenated alkanes) is 6. The Morgan fingerprint density at radius 1 is 0.684 bits per heavy atom. The lowest BCUT2D eigenvalue weighted by molar-refractivity contribution is 0.403. The van der Waals surface area contributed by atoms with E-state index in [0.29, 0.717) is 0 Å². The van der Waals surface area contributed by atoms with Crippen LogP contribution in [0.3, 0.4) is 0 Å². The lowest BCUT2D eigenvalue weighted by Gasteiger charge is -1.97. The number of ether oxygens (including phenoxy) is 1. The van der Waals surface area contributed by atoms with Crippen LogP contribution in [0.2, 0.25) is 0 Å². The fourth-order valence-corrected chi connectivity index (χ4v) is 1.66. The van der Waals surface area contributed by atoms with E-state index in [2.05, 4.69) is 32.1 Å². The quantitative estimate of drug-likeness (QED) is 0.228. The zero-order chi connectivity index (χ0) is 14.0. The summed E-state index contributed by atoms with van der Waals surface area (Å²) >= 11 is 0. The Kier molecular flexibility index (Phi) is 15.7.